The monoisotopic (exact) mass is 556 g/mol. The van der Waals surface area contributed by atoms with E-state index in [1.165, 1.54) is 0 Å². The molecule has 168 valence electrons. The van der Waals surface area contributed by atoms with Gasteiger partial charge < -0.3 is 20.1 Å². The predicted molar refractivity (Wildman–Crippen MR) is 125 cm³/mol. The van der Waals surface area contributed by atoms with Crippen LogP contribution in [0.25, 0.3) is 10.9 Å². The molecule has 2 amide bonds. The van der Waals surface area contributed by atoms with Crippen LogP contribution in [0.3, 0.4) is 0 Å². The van der Waals surface area contributed by atoms with Crippen LogP contribution in [0.5, 0.6) is 5.75 Å². The Balaban J connectivity index is 1.53. The Morgan fingerprint density at radius 3 is 2.48 bits per heavy atom. The van der Waals surface area contributed by atoms with E-state index < -0.39 is 11.7 Å². The Morgan fingerprint density at radius 1 is 1.16 bits per heavy atom. The molecule has 1 aromatic heterocycles. The van der Waals surface area contributed by atoms with Gasteiger partial charge in [-0.3, -0.25) is 9.69 Å². The summed E-state index contributed by atoms with van der Waals surface area (Å²) in [6.07, 6.45) is -0.594. The summed E-state index contributed by atoms with van der Waals surface area (Å²) >= 11 is 6.84. The number of benzene rings is 1. The van der Waals surface area contributed by atoms with Crippen LogP contribution < -0.4 is 5.32 Å². The summed E-state index contributed by atoms with van der Waals surface area (Å²) < 4.78 is 6.60. The molecule has 2 N–H and O–H groups in total. The second-order valence-electron chi connectivity index (χ2n) is 8.40. The molecule has 0 radical (unpaired) electrons. The second kappa shape index (κ2) is 9.70. The first-order valence-corrected chi connectivity index (χ1v) is 11.6. The third-order valence-corrected chi connectivity index (χ3v) is 6.07. The van der Waals surface area contributed by atoms with Crippen LogP contribution in [0.2, 0.25) is 0 Å². The molecule has 8 nitrogen and oxygen atoms in total. The van der Waals surface area contributed by atoms with Crippen molar-refractivity contribution in [3.05, 3.63) is 32.8 Å². The lowest BCUT2D eigenvalue weighted by Crippen LogP contribution is -2.51. The fraction of sp³-hybridized carbons (Fsp3) is 0.476. The molecule has 0 spiro atoms. The van der Waals surface area contributed by atoms with Crippen molar-refractivity contribution in [2.75, 3.05) is 32.7 Å². The number of halogens is 2. The molecule has 1 fully saturated rings. The highest BCUT2D eigenvalue weighted by atomic mass is 79.9. The lowest BCUT2D eigenvalue weighted by Gasteiger charge is -2.34. The van der Waals surface area contributed by atoms with Gasteiger partial charge in [0.05, 0.1) is 10.2 Å². The van der Waals surface area contributed by atoms with E-state index in [4.69, 9.17) is 4.74 Å². The van der Waals surface area contributed by atoms with Gasteiger partial charge >= 0.3 is 6.09 Å². The van der Waals surface area contributed by atoms with Crippen molar-refractivity contribution in [3.63, 3.8) is 0 Å². The molecular formula is C21H26Br2N4O4. The van der Waals surface area contributed by atoms with Gasteiger partial charge in [0.15, 0.2) is 5.75 Å². The number of rotatable bonds is 4. The van der Waals surface area contributed by atoms with Crippen LogP contribution >= 0.6 is 31.9 Å². The minimum absolute atomic E-state index is 0.0792. The fourth-order valence-electron chi connectivity index (χ4n) is 3.29. The average Bonchev–Trinajstić information content (AvgIpc) is 2.69. The summed E-state index contributed by atoms with van der Waals surface area (Å²) in [5.74, 6) is -0.0121. The number of amides is 2. The summed E-state index contributed by atoms with van der Waals surface area (Å²) in [5, 5.41) is 13.7. The molecule has 0 saturated carbocycles. The predicted octanol–water partition coefficient (Wildman–Crippen LogP) is 3.63. The molecule has 1 aliphatic heterocycles. The number of hydrogen-bond donors (Lipinski definition) is 2. The SMILES string of the molecule is CC(C)(C)OC(=O)NCC(=O)N1CCN(Cc2ccc3c(Br)cc(Br)c(O)c3n2)CC1. The van der Waals surface area contributed by atoms with Crippen molar-refractivity contribution in [3.8, 4) is 5.75 Å². The molecule has 0 aliphatic carbocycles. The number of hydrogen-bond acceptors (Lipinski definition) is 6. The number of phenols is 1. The number of pyridine rings is 1. The number of phenolic OH excluding ortho intramolecular Hbond substituents is 1. The molecule has 0 unspecified atom stereocenters. The standard InChI is InChI=1S/C21H26Br2N4O4/c1-21(2,3)31-20(30)24-11-17(28)27-8-6-26(7-9-27)12-13-4-5-14-15(22)10-16(23)19(29)18(14)25-13/h4-5,10,29H,6-9,11-12H2,1-3H3,(H,24,30). The van der Waals surface area contributed by atoms with Crippen molar-refractivity contribution in [1.82, 2.24) is 20.1 Å². The number of carbonyl (C=O) groups is 2. The number of nitrogens with one attached hydrogen (secondary N) is 1. The van der Waals surface area contributed by atoms with Gasteiger partial charge in [-0.25, -0.2) is 9.78 Å². The van der Waals surface area contributed by atoms with E-state index in [0.717, 1.165) is 15.6 Å². The van der Waals surface area contributed by atoms with Gasteiger partial charge in [0, 0.05) is 42.6 Å². The molecule has 0 bridgehead atoms. The van der Waals surface area contributed by atoms with Crippen LogP contribution in [0.1, 0.15) is 26.5 Å². The van der Waals surface area contributed by atoms with Crippen molar-refractivity contribution >= 4 is 54.8 Å². The Hall–Kier alpha value is -1.91. The van der Waals surface area contributed by atoms with Crippen molar-refractivity contribution in [2.45, 2.75) is 32.9 Å². The number of piperazine rings is 1. The van der Waals surface area contributed by atoms with Gasteiger partial charge in [0.2, 0.25) is 5.91 Å². The number of carbonyl (C=O) groups excluding carboxylic acids is 2. The minimum Gasteiger partial charge on any atom is -0.505 e. The molecule has 0 atom stereocenters. The maximum atomic E-state index is 12.4. The van der Waals surface area contributed by atoms with E-state index in [1.54, 1.807) is 31.7 Å². The highest BCUT2D eigenvalue weighted by Crippen LogP contribution is 2.36. The van der Waals surface area contributed by atoms with Gasteiger partial charge in [0.1, 0.15) is 17.7 Å². The van der Waals surface area contributed by atoms with E-state index in [0.29, 0.717) is 42.7 Å². The van der Waals surface area contributed by atoms with Crippen molar-refractivity contribution in [1.29, 1.82) is 0 Å². The van der Waals surface area contributed by atoms with Crippen molar-refractivity contribution in [2.24, 2.45) is 0 Å². The smallest absolute Gasteiger partial charge is 0.408 e. The lowest BCUT2D eigenvalue weighted by atomic mass is 10.2. The number of ether oxygens (including phenoxy) is 1. The van der Waals surface area contributed by atoms with E-state index >= 15 is 0 Å². The molecule has 2 heterocycles. The van der Waals surface area contributed by atoms with E-state index in [1.807, 2.05) is 12.1 Å². The molecule has 3 rings (SSSR count). The zero-order valence-electron chi connectivity index (χ0n) is 17.7. The third kappa shape index (κ3) is 6.30. The summed E-state index contributed by atoms with van der Waals surface area (Å²) in [5.41, 5.74) is 0.790. The second-order valence-corrected chi connectivity index (χ2v) is 10.1. The van der Waals surface area contributed by atoms with Gasteiger partial charge in [-0.2, -0.15) is 0 Å². The zero-order valence-corrected chi connectivity index (χ0v) is 20.9. The Morgan fingerprint density at radius 2 is 1.84 bits per heavy atom. The Kier molecular flexibility index (Phi) is 7.43. The number of alkyl carbamates (subject to hydrolysis) is 1. The number of fused-ring (bicyclic) bond motifs is 1. The largest absolute Gasteiger partial charge is 0.505 e. The van der Waals surface area contributed by atoms with Gasteiger partial charge in [0.25, 0.3) is 0 Å². The van der Waals surface area contributed by atoms with Gasteiger partial charge in [-0.15, -0.1) is 0 Å². The van der Waals surface area contributed by atoms with Crippen molar-refractivity contribution < 1.29 is 19.4 Å². The van der Waals surface area contributed by atoms with Gasteiger partial charge in [-0.05, 0) is 54.9 Å². The molecule has 1 saturated heterocycles. The van der Waals surface area contributed by atoms with Crippen LogP contribution in [0.4, 0.5) is 4.79 Å². The molecule has 1 aromatic carbocycles. The fourth-order valence-corrected chi connectivity index (χ4v) is 4.56. The summed E-state index contributed by atoms with van der Waals surface area (Å²) in [6.45, 7) is 8.42. The first kappa shape index (κ1) is 23.7. The maximum Gasteiger partial charge on any atom is 0.408 e. The number of aromatic hydroxyl groups is 1. The topological polar surface area (TPSA) is 95.0 Å². The highest BCUT2D eigenvalue weighted by Gasteiger charge is 2.23. The molecular weight excluding hydrogens is 532 g/mol. The summed E-state index contributed by atoms with van der Waals surface area (Å²) in [7, 11) is 0. The highest BCUT2D eigenvalue weighted by molar-refractivity contribution is 9.11. The summed E-state index contributed by atoms with van der Waals surface area (Å²) in [6, 6.07) is 5.69. The number of nitrogens with zero attached hydrogens (tertiary/aromatic N) is 3. The lowest BCUT2D eigenvalue weighted by molar-refractivity contribution is -0.132. The van der Waals surface area contributed by atoms with E-state index in [-0.39, 0.29) is 18.2 Å². The minimum atomic E-state index is -0.599. The molecule has 2 aromatic rings. The van der Waals surface area contributed by atoms with Crippen LogP contribution in [0, 0.1) is 0 Å². The maximum absolute atomic E-state index is 12.4. The first-order chi connectivity index (χ1) is 14.5. The van der Waals surface area contributed by atoms with E-state index in [9.17, 15) is 14.7 Å². The third-order valence-electron chi connectivity index (χ3n) is 4.81. The quantitative estimate of drug-likeness (QED) is 0.596. The zero-order chi connectivity index (χ0) is 22.8. The molecule has 10 heteroatoms. The first-order valence-electron chi connectivity index (χ1n) is 9.97. The van der Waals surface area contributed by atoms with Crippen LogP contribution in [-0.4, -0.2) is 70.2 Å². The Bertz CT molecular complexity index is 985. The number of aromatic nitrogens is 1. The normalized spacial score (nSPS) is 15.2. The Labute approximate surface area is 198 Å². The van der Waals surface area contributed by atoms with Gasteiger partial charge in [-0.1, -0.05) is 15.9 Å². The van der Waals surface area contributed by atoms with Crippen LogP contribution in [0.15, 0.2) is 27.1 Å². The van der Waals surface area contributed by atoms with E-state index in [2.05, 4.69) is 47.1 Å². The van der Waals surface area contributed by atoms with Crippen LogP contribution in [-0.2, 0) is 16.1 Å². The molecule has 31 heavy (non-hydrogen) atoms. The molecule has 1 aliphatic rings. The summed E-state index contributed by atoms with van der Waals surface area (Å²) in [4.78, 5) is 32.7. The average molecular weight is 558 g/mol.